The van der Waals surface area contributed by atoms with Crippen molar-refractivity contribution in [3.05, 3.63) is 190 Å². The van der Waals surface area contributed by atoms with E-state index in [4.69, 9.17) is 11.3 Å². The minimum Gasteiger partial charge on any atom is -0.457 e. The van der Waals surface area contributed by atoms with Gasteiger partial charge < -0.3 is 14.2 Å². The van der Waals surface area contributed by atoms with Gasteiger partial charge in [0.15, 0.2) is 0 Å². The maximum Gasteiger partial charge on any atom is 0.269 e. The Kier molecular flexibility index (Phi) is 7.93. The first kappa shape index (κ1) is 32.6. The number of hydrogen-bond donors (Lipinski definition) is 0. The highest BCUT2D eigenvalue weighted by Gasteiger charge is 2.24. The van der Waals surface area contributed by atoms with Gasteiger partial charge in [-0.25, -0.2) is 10.1 Å². The largest absolute Gasteiger partial charge is 0.457 e. The monoisotopic (exact) mass is 708 g/mol. The van der Waals surface area contributed by atoms with Crippen molar-refractivity contribution in [3.63, 3.8) is 0 Å². The van der Waals surface area contributed by atoms with Crippen LogP contribution >= 0.6 is 0 Å². The molecule has 4 heterocycles. The van der Waals surface area contributed by atoms with Gasteiger partial charge in [-0.15, -0.1) is 0 Å². The number of ether oxygens (including phenoxy) is 1. The third kappa shape index (κ3) is 5.52. The van der Waals surface area contributed by atoms with Crippen molar-refractivity contribution >= 4 is 61.2 Å². The number of allylic oxidation sites excluding steroid dienone is 6. The van der Waals surface area contributed by atoms with Gasteiger partial charge in [0.2, 0.25) is 0 Å². The van der Waals surface area contributed by atoms with Crippen LogP contribution in [0.15, 0.2) is 156 Å². The van der Waals surface area contributed by atoms with Crippen LogP contribution in [0.5, 0.6) is 0 Å². The van der Waals surface area contributed by atoms with Crippen LogP contribution in [0.25, 0.3) is 66.0 Å². The lowest BCUT2D eigenvalue weighted by atomic mass is 9.90. The van der Waals surface area contributed by atoms with E-state index in [2.05, 4.69) is 142 Å². The summed E-state index contributed by atoms with van der Waals surface area (Å²) < 4.78 is 8.90. The van der Waals surface area contributed by atoms with Gasteiger partial charge in [0, 0.05) is 40.3 Å². The fourth-order valence-electron chi connectivity index (χ4n) is 8.99. The molecule has 0 radical (unpaired) electrons. The first-order valence-electron chi connectivity index (χ1n) is 19.0. The zero-order valence-corrected chi connectivity index (χ0v) is 30.3. The van der Waals surface area contributed by atoms with E-state index in [1.54, 1.807) is 12.2 Å². The van der Waals surface area contributed by atoms with Gasteiger partial charge in [0.05, 0.1) is 29.4 Å². The van der Waals surface area contributed by atoms with E-state index in [-0.39, 0.29) is 5.70 Å². The fourth-order valence-corrected chi connectivity index (χ4v) is 8.99. The lowest BCUT2D eigenvalue weighted by Gasteiger charge is -2.37. The summed E-state index contributed by atoms with van der Waals surface area (Å²) >= 11 is 0. The summed E-state index contributed by atoms with van der Waals surface area (Å²) in [5, 5.41) is 16.8. The molecule has 0 aliphatic carbocycles. The van der Waals surface area contributed by atoms with Gasteiger partial charge in [-0.3, -0.25) is 0 Å². The maximum absolute atomic E-state index is 9.87. The molecule has 0 fully saturated rings. The molecule has 5 heteroatoms. The molecule has 5 nitrogen and oxygen atoms in total. The number of aryl methyl sites for hydroxylation is 2. The predicted octanol–water partition coefficient (Wildman–Crippen LogP) is 12.0. The Labute approximate surface area is 320 Å². The van der Waals surface area contributed by atoms with Crippen molar-refractivity contribution in [3.8, 4) is 11.8 Å². The number of para-hydroxylation sites is 2. The van der Waals surface area contributed by atoms with E-state index in [9.17, 15) is 5.26 Å². The molecule has 0 saturated carbocycles. The third-order valence-corrected chi connectivity index (χ3v) is 11.3. The van der Waals surface area contributed by atoms with Gasteiger partial charge >= 0.3 is 0 Å². The standard InChI is InChI=1S/C50H36N4O/c1-52-46(32-51)36-30-37(23-22-33-28-34-12-10-26-53-27-11-13-35(29-33)49(34)53)55-38(31-36)24-25-41-39-14-2-4-18-44(39)50(45-19-5-3-15-40(41)45)54-47-20-8-6-16-42(47)43-17-7-9-21-48(43)54/h2-9,14-25,28-31H,10-13,26-27H2. The normalized spacial score (nSPS) is 16.3. The molecule has 0 unspecified atom stereocenters. The Balaban J connectivity index is 1.08. The van der Waals surface area contributed by atoms with E-state index in [1.165, 1.54) is 51.5 Å². The SMILES string of the molecule is [C-]#[N+]C(C#N)=C1C=C(C=Cc2cc3c4c(c2)CCCN4CCC3)OC(C=Cc2c3ccccc3c(-n3c4ccccc4c4ccccc43)c3ccccc23)=C1. The third-order valence-electron chi connectivity index (χ3n) is 11.3. The van der Waals surface area contributed by atoms with Crippen LogP contribution in [0.2, 0.25) is 0 Å². The summed E-state index contributed by atoms with van der Waals surface area (Å²) in [5.74, 6) is 1.14. The van der Waals surface area contributed by atoms with E-state index >= 15 is 0 Å². The maximum atomic E-state index is 9.87. The quantitative estimate of drug-likeness (QED) is 0.102. The van der Waals surface area contributed by atoms with E-state index in [0.29, 0.717) is 17.1 Å². The Hall–Kier alpha value is -7.08. The first-order chi connectivity index (χ1) is 27.2. The predicted molar refractivity (Wildman–Crippen MR) is 226 cm³/mol. The molecule has 0 N–H and O–H groups in total. The Bertz CT molecular complexity index is 2830. The fraction of sp³-hybridized carbons (Fsp3) is 0.120. The zero-order valence-electron chi connectivity index (χ0n) is 30.3. The van der Waals surface area contributed by atoms with Crippen molar-refractivity contribution < 1.29 is 4.74 Å². The first-order valence-corrected chi connectivity index (χ1v) is 19.0. The van der Waals surface area contributed by atoms with Crippen LogP contribution in [-0.4, -0.2) is 17.7 Å². The zero-order chi connectivity index (χ0) is 36.9. The molecule has 0 bridgehead atoms. The molecule has 3 aliphatic heterocycles. The summed E-state index contributed by atoms with van der Waals surface area (Å²) in [6, 6.07) is 41.2. The Morgan fingerprint density at radius 2 is 1.15 bits per heavy atom. The number of nitrogens with zero attached hydrogens (tertiary/aromatic N) is 4. The number of anilines is 1. The van der Waals surface area contributed by atoms with Crippen molar-refractivity contribution in [2.45, 2.75) is 25.7 Å². The molecule has 0 atom stereocenters. The molecule has 10 rings (SSSR count). The number of hydrogen-bond acceptors (Lipinski definition) is 3. The van der Waals surface area contributed by atoms with Crippen LogP contribution in [0, 0.1) is 17.9 Å². The van der Waals surface area contributed by atoms with Crippen LogP contribution in [0.4, 0.5) is 5.69 Å². The van der Waals surface area contributed by atoms with Crippen LogP contribution in [0.1, 0.15) is 35.1 Å². The molecule has 0 amide bonds. The molecular weight excluding hydrogens is 673 g/mol. The Morgan fingerprint density at radius 1 is 0.636 bits per heavy atom. The van der Waals surface area contributed by atoms with Crippen LogP contribution in [-0.2, 0) is 17.6 Å². The molecule has 1 aromatic heterocycles. The molecule has 262 valence electrons. The van der Waals surface area contributed by atoms with E-state index in [1.807, 2.05) is 12.2 Å². The lowest BCUT2D eigenvalue weighted by molar-refractivity contribution is 0.332. The minimum absolute atomic E-state index is 0.0322. The molecule has 55 heavy (non-hydrogen) atoms. The van der Waals surface area contributed by atoms with Gasteiger partial charge in [-0.2, -0.15) is 0 Å². The summed E-state index contributed by atoms with van der Waals surface area (Å²) in [6.07, 6.45) is 16.3. The van der Waals surface area contributed by atoms with Gasteiger partial charge in [0.25, 0.3) is 5.70 Å². The van der Waals surface area contributed by atoms with Crippen molar-refractivity contribution in [2.24, 2.45) is 0 Å². The molecule has 6 aromatic carbocycles. The second kappa shape index (κ2) is 13.4. The summed E-state index contributed by atoms with van der Waals surface area (Å²) in [6.45, 7) is 10.0. The number of benzene rings is 6. The second-order valence-corrected chi connectivity index (χ2v) is 14.5. The van der Waals surface area contributed by atoms with Crippen molar-refractivity contribution in [1.29, 1.82) is 5.26 Å². The highest BCUT2D eigenvalue weighted by Crippen LogP contribution is 2.41. The van der Waals surface area contributed by atoms with Crippen molar-refractivity contribution in [1.82, 2.24) is 4.57 Å². The lowest BCUT2D eigenvalue weighted by Crippen LogP contribution is -2.34. The Morgan fingerprint density at radius 3 is 1.69 bits per heavy atom. The second-order valence-electron chi connectivity index (χ2n) is 14.5. The van der Waals surface area contributed by atoms with Gasteiger partial charge in [0.1, 0.15) is 11.5 Å². The summed E-state index contributed by atoms with van der Waals surface area (Å²) in [4.78, 5) is 6.10. The average Bonchev–Trinajstić information content (AvgIpc) is 3.56. The topological polar surface area (TPSA) is 45.6 Å². The summed E-state index contributed by atoms with van der Waals surface area (Å²) in [7, 11) is 0. The highest BCUT2D eigenvalue weighted by molar-refractivity contribution is 6.17. The van der Waals surface area contributed by atoms with Crippen LogP contribution < -0.4 is 4.90 Å². The number of fused-ring (bicyclic) bond motifs is 5. The average molecular weight is 709 g/mol. The van der Waals surface area contributed by atoms with E-state index in [0.717, 1.165) is 64.3 Å². The minimum atomic E-state index is 0.0322. The van der Waals surface area contributed by atoms with E-state index < -0.39 is 0 Å². The number of nitriles is 1. The molecule has 7 aromatic rings. The highest BCUT2D eigenvalue weighted by atomic mass is 16.5. The smallest absolute Gasteiger partial charge is 0.269 e. The van der Waals surface area contributed by atoms with Gasteiger partial charge in [-0.1, -0.05) is 97.1 Å². The molecule has 3 aliphatic rings. The number of rotatable bonds is 5. The molecule has 0 saturated heterocycles. The summed E-state index contributed by atoms with van der Waals surface area (Å²) in [5.41, 5.74) is 10.6. The van der Waals surface area contributed by atoms with Crippen molar-refractivity contribution in [2.75, 3.05) is 18.0 Å². The van der Waals surface area contributed by atoms with Gasteiger partial charge in [-0.05, 0) is 113 Å². The molecule has 0 spiro atoms. The van der Waals surface area contributed by atoms with Crippen LogP contribution in [0.3, 0.4) is 0 Å². The molecular formula is C50H36N4O. The number of aromatic nitrogens is 1.